The van der Waals surface area contributed by atoms with Crippen molar-refractivity contribution in [3.63, 3.8) is 0 Å². The average Bonchev–Trinajstić information content (AvgIpc) is 3.32. The van der Waals surface area contributed by atoms with Crippen LogP contribution in [0, 0.1) is 5.92 Å². The van der Waals surface area contributed by atoms with Crippen LogP contribution in [0.3, 0.4) is 0 Å². The van der Waals surface area contributed by atoms with Crippen molar-refractivity contribution in [2.24, 2.45) is 17.4 Å². The number of amides is 1. The molecule has 14 nitrogen and oxygen atoms in total. The maximum atomic E-state index is 12.2. The normalized spacial score (nSPS) is 24.2. The van der Waals surface area contributed by atoms with E-state index < -0.39 is 48.4 Å². The number of nitrogen functional groups attached to an aromatic ring is 1. The Hall–Kier alpha value is -3.33. The number of imidazole rings is 1. The molecule has 34 heavy (non-hydrogen) atoms. The van der Waals surface area contributed by atoms with E-state index in [1.165, 1.54) is 23.3 Å². The Balaban J connectivity index is 1.62. The van der Waals surface area contributed by atoms with E-state index in [1.807, 2.05) is 0 Å². The summed E-state index contributed by atoms with van der Waals surface area (Å²) in [5, 5.41) is 32.6. The van der Waals surface area contributed by atoms with Crippen LogP contribution in [0.1, 0.15) is 32.9 Å². The molecule has 0 spiro atoms. The predicted octanol–water partition coefficient (Wildman–Crippen LogP) is -1.80. The molecule has 1 saturated heterocycles. The lowest BCUT2D eigenvalue weighted by Gasteiger charge is -2.21. The Morgan fingerprint density at radius 1 is 1.24 bits per heavy atom. The van der Waals surface area contributed by atoms with Crippen LogP contribution >= 0.6 is 0 Å². The van der Waals surface area contributed by atoms with Crippen molar-refractivity contribution < 1.29 is 29.6 Å². The van der Waals surface area contributed by atoms with Gasteiger partial charge in [-0.25, -0.2) is 19.7 Å². The first kappa shape index (κ1) is 25.3. The quantitative estimate of drug-likeness (QED) is 0.211. The molecule has 6 atom stereocenters. The molecule has 0 bridgehead atoms. The number of nitrogens with two attached hydrogens (primary N) is 3. The van der Waals surface area contributed by atoms with Crippen molar-refractivity contribution in [3.8, 4) is 0 Å². The van der Waals surface area contributed by atoms with Crippen molar-refractivity contribution in [1.82, 2.24) is 24.8 Å². The minimum atomic E-state index is -1.35. The zero-order valence-corrected chi connectivity index (χ0v) is 18.8. The van der Waals surface area contributed by atoms with Crippen molar-refractivity contribution in [2.75, 3.05) is 5.73 Å². The van der Waals surface area contributed by atoms with Gasteiger partial charge in [0.25, 0.3) is 0 Å². The number of aliphatic hydroxyl groups excluding tert-OH is 2. The molecule has 3 rings (SSSR count). The number of carbonyl (C=O) groups is 2. The van der Waals surface area contributed by atoms with Gasteiger partial charge >= 0.3 is 5.97 Å². The number of hydrogen-bond acceptors (Lipinski definition) is 11. The number of ether oxygens (including phenoxy) is 1. The highest BCUT2D eigenvalue weighted by molar-refractivity contribution is 5.86. The molecule has 0 aromatic carbocycles. The Morgan fingerprint density at radius 3 is 2.59 bits per heavy atom. The zero-order valence-electron chi connectivity index (χ0n) is 18.8. The maximum absolute atomic E-state index is 12.2. The number of aliphatic hydroxyl groups is 2. The number of anilines is 1. The summed E-state index contributed by atoms with van der Waals surface area (Å²) in [5.41, 5.74) is 18.4. The molecular weight excluding hydrogens is 448 g/mol. The van der Waals surface area contributed by atoms with Gasteiger partial charge < -0.3 is 42.6 Å². The first-order chi connectivity index (χ1) is 16.0. The van der Waals surface area contributed by atoms with Gasteiger partial charge in [0, 0.05) is 6.04 Å². The number of aliphatic carboxylic acids is 1. The molecule has 186 valence electrons. The van der Waals surface area contributed by atoms with E-state index >= 15 is 0 Å². The summed E-state index contributed by atoms with van der Waals surface area (Å²) in [5.74, 6) is -1.83. The van der Waals surface area contributed by atoms with Crippen LogP contribution in [0.2, 0.25) is 0 Å². The van der Waals surface area contributed by atoms with Crippen LogP contribution in [0.25, 0.3) is 11.2 Å². The number of carboxylic acids is 1. The summed E-state index contributed by atoms with van der Waals surface area (Å²) >= 11 is 0. The number of fused-ring (bicyclic) bond motifs is 1. The third-order valence-electron chi connectivity index (χ3n) is 5.58. The standard InChI is InChI=1S/C20H30N8O6/c1-8(2)12(20(32)33)27-18(31)10(22)4-3-9(21)5-11-14(29)15(30)19(34-11)28-7-26-13-16(23)24-6-25-17(13)28/h5-10,12,14-15,19,29-30H,3-4,21-22H2,1-2H3,(H,27,31)(H,32,33)(H2,23,24,25)/b11-5+/t9-,10-,12-,14+,15+,19+/m0/s1. The Bertz CT molecular complexity index is 1070. The highest BCUT2D eigenvalue weighted by Crippen LogP contribution is 2.34. The fourth-order valence-electron chi connectivity index (χ4n) is 3.59. The summed E-state index contributed by atoms with van der Waals surface area (Å²) in [6.07, 6.45) is 0.756. The number of nitrogens with one attached hydrogen (secondary N) is 1. The highest BCUT2D eigenvalue weighted by atomic mass is 16.5. The molecule has 2 aromatic rings. The van der Waals surface area contributed by atoms with Crippen LogP contribution < -0.4 is 22.5 Å². The van der Waals surface area contributed by atoms with E-state index in [2.05, 4.69) is 20.3 Å². The van der Waals surface area contributed by atoms with Gasteiger partial charge in [0.1, 0.15) is 42.2 Å². The van der Waals surface area contributed by atoms with Gasteiger partial charge in [0.15, 0.2) is 11.5 Å². The lowest BCUT2D eigenvalue weighted by molar-refractivity contribution is -0.143. The molecule has 14 heteroatoms. The van der Waals surface area contributed by atoms with Crippen LogP contribution in [0.15, 0.2) is 24.5 Å². The fraction of sp³-hybridized carbons (Fsp3) is 0.550. The summed E-state index contributed by atoms with van der Waals surface area (Å²) < 4.78 is 7.17. The molecule has 1 amide bonds. The second-order valence-electron chi connectivity index (χ2n) is 8.51. The monoisotopic (exact) mass is 478 g/mol. The molecule has 1 fully saturated rings. The lowest BCUT2D eigenvalue weighted by Crippen LogP contribution is -2.50. The van der Waals surface area contributed by atoms with Gasteiger partial charge in [-0.2, -0.15) is 0 Å². The van der Waals surface area contributed by atoms with Crippen LogP contribution in [-0.2, 0) is 14.3 Å². The number of carboxylic acid groups (broad SMARTS) is 1. The van der Waals surface area contributed by atoms with Gasteiger partial charge in [-0.05, 0) is 24.8 Å². The number of hydrogen-bond donors (Lipinski definition) is 7. The van der Waals surface area contributed by atoms with Gasteiger partial charge in [-0.15, -0.1) is 0 Å². The number of carbonyl (C=O) groups excluding carboxylic acids is 1. The molecule has 1 aliphatic rings. The summed E-state index contributed by atoms with van der Waals surface area (Å²) in [4.78, 5) is 35.6. The zero-order chi connectivity index (χ0) is 25.2. The summed E-state index contributed by atoms with van der Waals surface area (Å²) in [6.45, 7) is 3.35. The lowest BCUT2D eigenvalue weighted by atomic mass is 10.0. The van der Waals surface area contributed by atoms with Crippen LogP contribution in [0.4, 0.5) is 5.82 Å². The largest absolute Gasteiger partial charge is 0.480 e. The minimum Gasteiger partial charge on any atom is -0.480 e. The SMILES string of the molecule is CC(C)[C@H](NC(=O)[C@@H](N)CC[C@H](N)/C=C1/O[C@@H](n2cnc3c(N)ncnc32)[C@H](O)[C@@H]1O)C(=O)O. The van der Waals surface area contributed by atoms with E-state index in [9.17, 15) is 24.9 Å². The molecule has 0 radical (unpaired) electrons. The number of nitrogens with zero attached hydrogens (tertiary/aromatic N) is 4. The third kappa shape index (κ3) is 5.25. The number of aromatic nitrogens is 4. The van der Waals surface area contributed by atoms with Crippen molar-refractivity contribution in [1.29, 1.82) is 0 Å². The summed E-state index contributed by atoms with van der Waals surface area (Å²) in [6, 6.07) is -2.68. The van der Waals surface area contributed by atoms with E-state index in [-0.39, 0.29) is 30.3 Å². The van der Waals surface area contributed by atoms with E-state index in [4.69, 9.17) is 21.9 Å². The molecule has 2 aromatic heterocycles. The Morgan fingerprint density at radius 2 is 1.94 bits per heavy atom. The Kier molecular flexibility index (Phi) is 7.66. The maximum Gasteiger partial charge on any atom is 0.326 e. The van der Waals surface area contributed by atoms with Crippen LogP contribution in [0.5, 0.6) is 0 Å². The first-order valence-corrected chi connectivity index (χ1v) is 10.7. The smallest absolute Gasteiger partial charge is 0.326 e. The molecule has 0 unspecified atom stereocenters. The second-order valence-corrected chi connectivity index (χ2v) is 8.51. The van der Waals surface area contributed by atoms with Gasteiger partial charge in [-0.3, -0.25) is 9.36 Å². The van der Waals surface area contributed by atoms with E-state index in [0.29, 0.717) is 11.2 Å². The molecule has 0 saturated carbocycles. The van der Waals surface area contributed by atoms with Gasteiger partial charge in [0.05, 0.1) is 6.04 Å². The predicted molar refractivity (Wildman–Crippen MR) is 120 cm³/mol. The highest BCUT2D eigenvalue weighted by Gasteiger charge is 2.41. The molecule has 0 aliphatic carbocycles. The summed E-state index contributed by atoms with van der Waals surface area (Å²) in [7, 11) is 0. The topological polar surface area (TPSA) is 238 Å². The van der Waals surface area contributed by atoms with Gasteiger partial charge in [-0.1, -0.05) is 13.8 Å². The average molecular weight is 479 g/mol. The van der Waals surface area contributed by atoms with Gasteiger partial charge in [0.2, 0.25) is 12.1 Å². The van der Waals surface area contributed by atoms with Crippen molar-refractivity contribution >= 4 is 28.9 Å². The second kappa shape index (κ2) is 10.3. The van der Waals surface area contributed by atoms with Crippen LogP contribution in [-0.4, -0.2) is 77.0 Å². The first-order valence-electron chi connectivity index (χ1n) is 10.7. The molecule has 3 heterocycles. The van der Waals surface area contributed by atoms with E-state index in [1.54, 1.807) is 13.8 Å². The molecule has 10 N–H and O–H groups in total. The fourth-order valence-corrected chi connectivity index (χ4v) is 3.59. The van der Waals surface area contributed by atoms with E-state index in [0.717, 1.165) is 0 Å². The minimum absolute atomic E-state index is 0.0534. The third-order valence-corrected chi connectivity index (χ3v) is 5.58. The van der Waals surface area contributed by atoms with Crippen molar-refractivity contribution in [3.05, 3.63) is 24.5 Å². The number of rotatable bonds is 9. The Labute approximate surface area is 194 Å². The molecular formula is C20H30N8O6. The molecule has 1 aliphatic heterocycles. The van der Waals surface area contributed by atoms with Crippen molar-refractivity contribution in [2.45, 2.75) is 63.3 Å².